The van der Waals surface area contributed by atoms with Crippen molar-refractivity contribution in [3.63, 3.8) is 0 Å². The van der Waals surface area contributed by atoms with Crippen LogP contribution in [0.5, 0.6) is 0 Å². The van der Waals surface area contributed by atoms with Gasteiger partial charge in [-0.2, -0.15) is 0 Å². The zero-order chi connectivity index (χ0) is 15.0. The van der Waals surface area contributed by atoms with Crippen LogP contribution < -0.4 is 10.6 Å². The number of halogens is 1. The fraction of sp³-hybridized carbons (Fsp3) is 0.933. The zero-order valence-electron chi connectivity index (χ0n) is 14.2. The molecule has 3 unspecified atom stereocenters. The molecule has 1 saturated heterocycles. The molecule has 6 heteroatoms. The molecular formula is C15H33IN4O. The molecule has 0 aromatic heterocycles. The van der Waals surface area contributed by atoms with E-state index in [4.69, 9.17) is 9.73 Å². The minimum atomic E-state index is 0. The highest BCUT2D eigenvalue weighted by Crippen LogP contribution is 2.10. The van der Waals surface area contributed by atoms with E-state index >= 15 is 0 Å². The van der Waals surface area contributed by atoms with Crippen LogP contribution in [0.25, 0.3) is 0 Å². The fourth-order valence-corrected chi connectivity index (χ4v) is 2.38. The molecule has 1 heterocycles. The van der Waals surface area contributed by atoms with Crippen molar-refractivity contribution in [3.05, 3.63) is 0 Å². The molecule has 1 fully saturated rings. The summed E-state index contributed by atoms with van der Waals surface area (Å²) in [6.45, 7) is 15.3. The van der Waals surface area contributed by atoms with E-state index in [0.29, 0.717) is 18.1 Å². The average Bonchev–Trinajstić information content (AvgIpc) is 2.45. The standard InChI is InChI=1S/C15H32N4O.HI/c1-6-12(3)18-15(16-7-2)17-10-13(4)19-8-9-20-11-14(19)5;/h12-14H,6-11H2,1-5H3,(H2,16,17,18);1H. The van der Waals surface area contributed by atoms with E-state index in [1.165, 1.54) is 0 Å². The molecule has 5 nitrogen and oxygen atoms in total. The van der Waals surface area contributed by atoms with Crippen molar-refractivity contribution in [2.75, 3.05) is 32.8 Å². The lowest BCUT2D eigenvalue weighted by Crippen LogP contribution is -2.50. The van der Waals surface area contributed by atoms with Crippen LogP contribution in [-0.4, -0.2) is 61.8 Å². The number of morpholine rings is 1. The molecular weight excluding hydrogens is 379 g/mol. The first-order chi connectivity index (χ1) is 9.58. The van der Waals surface area contributed by atoms with E-state index in [0.717, 1.165) is 45.2 Å². The lowest BCUT2D eigenvalue weighted by Gasteiger charge is -2.37. The van der Waals surface area contributed by atoms with Gasteiger partial charge in [-0.15, -0.1) is 24.0 Å². The number of aliphatic imine (C=N–C) groups is 1. The summed E-state index contributed by atoms with van der Waals surface area (Å²) in [5.74, 6) is 0.926. The molecule has 0 amide bonds. The summed E-state index contributed by atoms with van der Waals surface area (Å²) in [6.07, 6.45) is 1.10. The van der Waals surface area contributed by atoms with Gasteiger partial charge in [0.15, 0.2) is 5.96 Å². The van der Waals surface area contributed by atoms with Gasteiger partial charge in [0.2, 0.25) is 0 Å². The monoisotopic (exact) mass is 412 g/mol. The van der Waals surface area contributed by atoms with Crippen molar-refractivity contribution in [1.29, 1.82) is 0 Å². The molecule has 1 rings (SSSR count). The highest BCUT2D eigenvalue weighted by molar-refractivity contribution is 14.0. The van der Waals surface area contributed by atoms with Gasteiger partial charge >= 0.3 is 0 Å². The predicted octanol–water partition coefficient (Wildman–Crippen LogP) is 2.07. The van der Waals surface area contributed by atoms with Gasteiger partial charge < -0.3 is 15.4 Å². The Balaban J connectivity index is 0.00000400. The second-order valence-corrected chi connectivity index (χ2v) is 5.68. The van der Waals surface area contributed by atoms with Crippen LogP contribution >= 0.6 is 24.0 Å². The van der Waals surface area contributed by atoms with E-state index in [-0.39, 0.29) is 24.0 Å². The summed E-state index contributed by atoms with van der Waals surface area (Å²) in [5, 5.41) is 6.75. The number of ether oxygens (including phenoxy) is 1. The number of guanidine groups is 1. The number of nitrogens with zero attached hydrogens (tertiary/aromatic N) is 2. The largest absolute Gasteiger partial charge is 0.379 e. The summed E-state index contributed by atoms with van der Waals surface area (Å²) >= 11 is 0. The van der Waals surface area contributed by atoms with Crippen molar-refractivity contribution in [2.45, 2.75) is 59.2 Å². The summed E-state index contributed by atoms with van der Waals surface area (Å²) in [7, 11) is 0. The number of rotatable bonds is 6. The third kappa shape index (κ3) is 7.65. The molecule has 0 radical (unpaired) electrons. The number of hydrogen-bond donors (Lipinski definition) is 2. The van der Waals surface area contributed by atoms with Crippen molar-refractivity contribution >= 4 is 29.9 Å². The second-order valence-electron chi connectivity index (χ2n) is 5.68. The Kier molecular flexibility index (Phi) is 11.4. The van der Waals surface area contributed by atoms with Crippen LogP contribution in [0.1, 0.15) is 41.0 Å². The second kappa shape index (κ2) is 11.5. The highest BCUT2D eigenvalue weighted by Gasteiger charge is 2.23. The van der Waals surface area contributed by atoms with Crippen LogP contribution in [0.2, 0.25) is 0 Å². The van der Waals surface area contributed by atoms with E-state index in [1.54, 1.807) is 0 Å². The molecule has 0 aromatic carbocycles. The Hall–Kier alpha value is -0.0800. The predicted molar refractivity (Wildman–Crippen MR) is 101 cm³/mol. The Bertz CT molecular complexity index is 301. The maximum absolute atomic E-state index is 5.49. The first-order valence-electron chi connectivity index (χ1n) is 7.96. The molecule has 3 atom stereocenters. The number of hydrogen-bond acceptors (Lipinski definition) is 3. The fourth-order valence-electron chi connectivity index (χ4n) is 2.38. The van der Waals surface area contributed by atoms with Crippen LogP contribution in [0, 0.1) is 0 Å². The quantitative estimate of drug-likeness (QED) is 0.399. The van der Waals surface area contributed by atoms with E-state index in [1.807, 2.05) is 0 Å². The summed E-state index contributed by atoms with van der Waals surface area (Å²) < 4.78 is 5.49. The Morgan fingerprint density at radius 2 is 2.10 bits per heavy atom. The lowest BCUT2D eigenvalue weighted by atomic mass is 10.2. The van der Waals surface area contributed by atoms with Gasteiger partial charge in [-0.05, 0) is 34.1 Å². The molecule has 126 valence electrons. The van der Waals surface area contributed by atoms with E-state index < -0.39 is 0 Å². The molecule has 2 N–H and O–H groups in total. The van der Waals surface area contributed by atoms with Gasteiger partial charge in [-0.3, -0.25) is 9.89 Å². The highest BCUT2D eigenvalue weighted by atomic mass is 127. The van der Waals surface area contributed by atoms with Gasteiger partial charge in [0.1, 0.15) is 0 Å². The van der Waals surface area contributed by atoms with Crippen molar-refractivity contribution in [2.24, 2.45) is 4.99 Å². The third-order valence-electron chi connectivity index (χ3n) is 3.84. The molecule has 1 aliphatic rings. The van der Waals surface area contributed by atoms with Crippen molar-refractivity contribution in [1.82, 2.24) is 15.5 Å². The van der Waals surface area contributed by atoms with Gasteiger partial charge in [0, 0.05) is 31.2 Å². The van der Waals surface area contributed by atoms with Crippen LogP contribution in [0.3, 0.4) is 0 Å². The summed E-state index contributed by atoms with van der Waals surface area (Å²) in [6, 6.07) is 1.38. The summed E-state index contributed by atoms with van der Waals surface area (Å²) in [5.41, 5.74) is 0. The molecule has 0 aromatic rings. The third-order valence-corrected chi connectivity index (χ3v) is 3.84. The first-order valence-corrected chi connectivity index (χ1v) is 7.96. The Morgan fingerprint density at radius 3 is 2.67 bits per heavy atom. The maximum Gasteiger partial charge on any atom is 0.191 e. The van der Waals surface area contributed by atoms with Crippen LogP contribution in [0.4, 0.5) is 0 Å². The van der Waals surface area contributed by atoms with Crippen LogP contribution in [0.15, 0.2) is 4.99 Å². The van der Waals surface area contributed by atoms with Gasteiger partial charge in [0.25, 0.3) is 0 Å². The van der Waals surface area contributed by atoms with Gasteiger partial charge in [0.05, 0.1) is 19.8 Å². The molecule has 0 spiro atoms. The SMILES string of the molecule is CCNC(=NCC(C)N1CCOCC1C)NC(C)CC.I. The zero-order valence-corrected chi connectivity index (χ0v) is 16.5. The summed E-state index contributed by atoms with van der Waals surface area (Å²) in [4.78, 5) is 7.21. The number of nitrogens with one attached hydrogen (secondary N) is 2. The molecule has 0 saturated carbocycles. The lowest BCUT2D eigenvalue weighted by molar-refractivity contribution is -0.0165. The van der Waals surface area contributed by atoms with Gasteiger partial charge in [-0.1, -0.05) is 6.92 Å². The molecule has 1 aliphatic heterocycles. The molecule has 0 bridgehead atoms. The first kappa shape index (κ1) is 20.9. The topological polar surface area (TPSA) is 48.9 Å². The Labute approximate surface area is 147 Å². The normalized spacial score (nSPS) is 23.1. The van der Waals surface area contributed by atoms with E-state index in [2.05, 4.69) is 50.2 Å². The van der Waals surface area contributed by atoms with Crippen molar-refractivity contribution in [3.8, 4) is 0 Å². The van der Waals surface area contributed by atoms with Crippen molar-refractivity contribution < 1.29 is 4.74 Å². The molecule has 0 aliphatic carbocycles. The molecule has 21 heavy (non-hydrogen) atoms. The Morgan fingerprint density at radius 1 is 1.38 bits per heavy atom. The smallest absolute Gasteiger partial charge is 0.191 e. The average molecular weight is 412 g/mol. The van der Waals surface area contributed by atoms with Crippen LogP contribution in [-0.2, 0) is 4.74 Å². The minimum absolute atomic E-state index is 0. The van der Waals surface area contributed by atoms with Gasteiger partial charge in [-0.25, -0.2) is 0 Å². The minimum Gasteiger partial charge on any atom is -0.379 e. The maximum atomic E-state index is 5.49. The van der Waals surface area contributed by atoms with E-state index in [9.17, 15) is 0 Å².